The Bertz CT molecular complexity index is 1390. The molecule has 3 aromatic rings. The maximum atomic E-state index is 13.4. The molecule has 1 fully saturated rings. The van der Waals surface area contributed by atoms with Gasteiger partial charge in [0.05, 0.1) is 21.8 Å². The Morgan fingerprint density at radius 2 is 1.67 bits per heavy atom. The molecule has 232 valence electrons. The summed E-state index contributed by atoms with van der Waals surface area (Å²) in [5, 5.41) is 6.69. The van der Waals surface area contributed by atoms with Crippen LogP contribution in [0.25, 0.3) is 0 Å². The first-order valence-electron chi connectivity index (χ1n) is 14.5. The Morgan fingerprint density at radius 3 is 2.28 bits per heavy atom. The summed E-state index contributed by atoms with van der Waals surface area (Å²) >= 11 is 12.6. The van der Waals surface area contributed by atoms with Crippen molar-refractivity contribution in [2.24, 2.45) is 0 Å². The van der Waals surface area contributed by atoms with Crippen LogP contribution in [0.1, 0.15) is 38.1 Å². The van der Waals surface area contributed by atoms with Crippen LogP contribution < -0.4 is 20.3 Å². The first kappa shape index (κ1) is 33.0. The number of piperazine rings is 1. The molecule has 12 heteroatoms. The molecule has 2 N–H and O–H groups in total. The summed E-state index contributed by atoms with van der Waals surface area (Å²) in [5.74, 6) is -0.0726. The molecule has 9 nitrogen and oxygen atoms in total. The van der Waals surface area contributed by atoms with Gasteiger partial charge in [0.15, 0.2) is 8.32 Å². The van der Waals surface area contributed by atoms with Crippen molar-refractivity contribution in [3.05, 3.63) is 64.3 Å². The lowest BCUT2D eigenvalue weighted by atomic mass is 10.2. The van der Waals surface area contributed by atoms with Gasteiger partial charge in [0, 0.05) is 43.8 Å². The second kappa shape index (κ2) is 13.8. The predicted molar refractivity (Wildman–Crippen MR) is 179 cm³/mol. The number of para-hydroxylation sites is 1. The minimum absolute atomic E-state index is 0.0480. The molecule has 0 aliphatic carbocycles. The molecule has 4 rings (SSSR count). The first-order chi connectivity index (χ1) is 20.2. The molecule has 1 aromatic heterocycles. The monoisotopic (exact) mass is 644 g/mol. The van der Waals surface area contributed by atoms with Crippen LogP contribution in [0, 0.1) is 0 Å². The third kappa shape index (κ3) is 8.60. The van der Waals surface area contributed by atoms with E-state index in [1.54, 1.807) is 18.2 Å². The van der Waals surface area contributed by atoms with Gasteiger partial charge in [-0.05, 0) is 68.5 Å². The number of halogens is 2. The van der Waals surface area contributed by atoms with Crippen molar-refractivity contribution in [2.45, 2.75) is 51.9 Å². The Hall–Kier alpha value is -2.89. The van der Waals surface area contributed by atoms with Crippen LogP contribution in [0.4, 0.5) is 23.0 Å². The van der Waals surface area contributed by atoms with Crippen LogP contribution in [0.5, 0.6) is 5.88 Å². The van der Waals surface area contributed by atoms with Crippen molar-refractivity contribution < 1.29 is 14.0 Å². The van der Waals surface area contributed by atoms with Gasteiger partial charge in [0.2, 0.25) is 11.8 Å². The summed E-state index contributed by atoms with van der Waals surface area (Å²) in [6.45, 7) is 17.2. The summed E-state index contributed by atoms with van der Waals surface area (Å²) in [6.07, 6.45) is 1.21. The molecule has 1 aliphatic heterocycles. The van der Waals surface area contributed by atoms with Gasteiger partial charge in [-0.1, -0.05) is 50.0 Å². The first-order valence-corrected chi connectivity index (χ1v) is 18.1. The number of likely N-dealkylation sites (N-methyl/N-ethyl adjacent to an activating group) is 1. The fourth-order valence-corrected chi connectivity index (χ4v) is 6.27. The molecule has 1 saturated heterocycles. The minimum atomic E-state index is -2.03. The quantitative estimate of drug-likeness (QED) is 0.222. The molecule has 1 amide bonds. The van der Waals surface area contributed by atoms with Gasteiger partial charge in [0.25, 0.3) is 5.91 Å². The number of amides is 1. The van der Waals surface area contributed by atoms with E-state index < -0.39 is 14.2 Å². The average molecular weight is 646 g/mol. The zero-order valence-corrected chi connectivity index (χ0v) is 28.5. The second-order valence-corrected chi connectivity index (χ2v) is 18.0. The highest BCUT2D eigenvalue weighted by molar-refractivity contribution is 6.74. The Morgan fingerprint density at radius 1 is 1.05 bits per heavy atom. The van der Waals surface area contributed by atoms with Gasteiger partial charge < -0.3 is 29.6 Å². The van der Waals surface area contributed by atoms with Gasteiger partial charge in [0.1, 0.15) is 12.2 Å². The Balaban J connectivity index is 1.53. The van der Waals surface area contributed by atoms with Crippen molar-refractivity contribution in [2.75, 3.05) is 55.4 Å². The molecule has 43 heavy (non-hydrogen) atoms. The van der Waals surface area contributed by atoms with Crippen LogP contribution in [0.2, 0.25) is 28.2 Å². The summed E-state index contributed by atoms with van der Waals surface area (Å²) in [5.41, 5.74) is 2.44. The molecule has 1 aliphatic rings. The molecule has 0 spiro atoms. The number of carbonyl (C=O) groups excluding carboxylic acids is 1. The number of rotatable bonds is 10. The number of nitrogens with one attached hydrogen (secondary N) is 2. The van der Waals surface area contributed by atoms with Gasteiger partial charge in [-0.3, -0.25) is 4.79 Å². The summed E-state index contributed by atoms with van der Waals surface area (Å²) in [6, 6.07) is 13.2. The lowest BCUT2D eigenvalue weighted by Crippen LogP contribution is -2.44. The largest absolute Gasteiger partial charge is 0.474 e. The molecular formula is C31H42Cl2N6O3Si. The zero-order valence-electron chi connectivity index (χ0n) is 26.0. The van der Waals surface area contributed by atoms with Crippen LogP contribution in [-0.2, 0) is 4.43 Å². The van der Waals surface area contributed by atoms with E-state index in [1.165, 1.54) is 11.9 Å². The molecule has 2 aromatic carbocycles. The van der Waals surface area contributed by atoms with Crippen LogP contribution in [-0.4, -0.2) is 75.0 Å². The highest BCUT2D eigenvalue weighted by atomic mass is 35.5. The predicted octanol–water partition coefficient (Wildman–Crippen LogP) is 7.32. The van der Waals surface area contributed by atoms with Crippen molar-refractivity contribution in [3.63, 3.8) is 0 Å². The summed E-state index contributed by atoms with van der Waals surface area (Å²) < 4.78 is 12.6. The van der Waals surface area contributed by atoms with E-state index in [2.05, 4.69) is 83.4 Å². The summed E-state index contributed by atoms with van der Waals surface area (Å²) in [4.78, 5) is 27.1. The van der Waals surface area contributed by atoms with E-state index in [-0.39, 0.29) is 29.2 Å². The molecule has 0 bridgehead atoms. The van der Waals surface area contributed by atoms with Crippen molar-refractivity contribution in [3.8, 4) is 5.88 Å². The van der Waals surface area contributed by atoms with Crippen molar-refractivity contribution >= 4 is 60.4 Å². The van der Waals surface area contributed by atoms with Crippen LogP contribution in [0.3, 0.4) is 0 Å². The van der Waals surface area contributed by atoms with Crippen molar-refractivity contribution in [1.82, 2.24) is 14.9 Å². The van der Waals surface area contributed by atoms with Gasteiger partial charge in [-0.25, -0.2) is 4.98 Å². The molecule has 1 atom stereocenters. The number of ether oxygens (including phenoxy) is 1. The van der Waals surface area contributed by atoms with Gasteiger partial charge in [-0.2, -0.15) is 4.98 Å². The standard InChI is InChI=1S/C31H42Cl2N6O3Si/c1-21(42-43(6,7)31(2,3)4)20-41-29-24(28(40)36-27-25(32)9-8-10-26(27)33)19-34-30(37-29)35-22-11-13-23(14-12-22)39-17-15-38(5)16-18-39/h8-14,19,21H,15-18,20H2,1-7H3,(H,36,40)(H,34,35,37). The van der Waals surface area contributed by atoms with Crippen LogP contribution in [0.15, 0.2) is 48.7 Å². The number of aromatic nitrogens is 2. The highest BCUT2D eigenvalue weighted by Gasteiger charge is 2.38. The second-order valence-electron chi connectivity index (χ2n) is 12.4. The topological polar surface area (TPSA) is 91.9 Å². The highest BCUT2D eigenvalue weighted by Crippen LogP contribution is 2.37. The van der Waals surface area contributed by atoms with E-state index in [1.807, 2.05) is 19.1 Å². The fraction of sp³-hybridized carbons (Fsp3) is 0.452. The lowest BCUT2D eigenvalue weighted by molar-refractivity contribution is 0.100. The van der Waals surface area contributed by atoms with Crippen LogP contribution >= 0.6 is 23.2 Å². The average Bonchev–Trinajstić information content (AvgIpc) is 2.94. The lowest BCUT2D eigenvalue weighted by Gasteiger charge is -2.38. The number of hydrogen-bond donors (Lipinski definition) is 2. The summed E-state index contributed by atoms with van der Waals surface area (Å²) in [7, 11) is 0.117. The maximum absolute atomic E-state index is 13.4. The normalized spacial score (nSPS) is 15.2. The van der Waals surface area contributed by atoms with E-state index in [0.29, 0.717) is 21.7 Å². The molecular weight excluding hydrogens is 603 g/mol. The minimum Gasteiger partial charge on any atom is -0.474 e. The number of hydrogen-bond acceptors (Lipinski definition) is 8. The van der Waals surface area contributed by atoms with E-state index in [0.717, 1.165) is 31.9 Å². The number of benzene rings is 2. The number of anilines is 4. The zero-order chi connectivity index (χ0) is 31.4. The van der Waals surface area contributed by atoms with Gasteiger partial charge >= 0.3 is 0 Å². The fourth-order valence-electron chi connectivity index (χ4n) is 4.35. The van der Waals surface area contributed by atoms with E-state index >= 15 is 0 Å². The number of nitrogens with zero attached hydrogens (tertiary/aromatic N) is 4. The molecule has 0 radical (unpaired) electrons. The SMILES string of the molecule is CC(COc1nc(Nc2ccc(N3CCN(C)CC3)cc2)ncc1C(=O)Nc1c(Cl)cccc1Cl)O[Si](C)(C)C(C)(C)C. The smallest absolute Gasteiger partial charge is 0.262 e. The Kier molecular flexibility index (Phi) is 10.6. The molecule has 0 saturated carbocycles. The third-order valence-electron chi connectivity index (χ3n) is 7.95. The Labute approximate surface area is 266 Å². The number of carbonyl (C=O) groups is 1. The van der Waals surface area contributed by atoms with Crippen molar-refractivity contribution in [1.29, 1.82) is 0 Å². The van der Waals surface area contributed by atoms with E-state index in [4.69, 9.17) is 32.4 Å². The van der Waals surface area contributed by atoms with Gasteiger partial charge in [-0.15, -0.1) is 0 Å². The molecule has 1 unspecified atom stereocenters. The molecule has 2 heterocycles. The van der Waals surface area contributed by atoms with E-state index in [9.17, 15) is 4.79 Å². The maximum Gasteiger partial charge on any atom is 0.262 e. The third-order valence-corrected chi connectivity index (χ3v) is 13.2.